The normalized spacial score (nSPS) is 9.91. The standard InChI is InChI=1S/C17H16O5/c1-20-16-9-12(10-18)6-7-15(16)22-11-13-4-3-5-14(8-13)17(19)21-2/h3-10H,11H2,1-2H3. The van der Waals surface area contributed by atoms with Crippen LogP contribution in [0.5, 0.6) is 11.5 Å². The Hall–Kier alpha value is -2.82. The number of carbonyl (C=O) groups is 2. The molecule has 114 valence electrons. The summed E-state index contributed by atoms with van der Waals surface area (Å²) in [5, 5.41) is 0. The van der Waals surface area contributed by atoms with Crippen molar-refractivity contribution >= 4 is 12.3 Å². The van der Waals surface area contributed by atoms with Crippen LogP contribution in [0.4, 0.5) is 0 Å². The number of benzene rings is 2. The molecule has 5 heteroatoms. The predicted molar refractivity (Wildman–Crippen MR) is 80.5 cm³/mol. The van der Waals surface area contributed by atoms with Gasteiger partial charge < -0.3 is 14.2 Å². The molecule has 22 heavy (non-hydrogen) atoms. The van der Waals surface area contributed by atoms with Crippen LogP contribution in [-0.4, -0.2) is 26.5 Å². The molecule has 2 rings (SSSR count). The Kier molecular flexibility index (Phi) is 5.14. The van der Waals surface area contributed by atoms with E-state index in [1.54, 1.807) is 36.4 Å². The number of ether oxygens (including phenoxy) is 3. The quantitative estimate of drug-likeness (QED) is 0.606. The number of esters is 1. The van der Waals surface area contributed by atoms with E-state index in [9.17, 15) is 9.59 Å². The van der Waals surface area contributed by atoms with Crippen molar-refractivity contribution in [1.82, 2.24) is 0 Å². The van der Waals surface area contributed by atoms with Crippen molar-refractivity contribution in [3.8, 4) is 11.5 Å². The maximum absolute atomic E-state index is 11.5. The number of aldehydes is 1. The minimum atomic E-state index is -0.394. The zero-order chi connectivity index (χ0) is 15.9. The average Bonchev–Trinajstić information content (AvgIpc) is 2.59. The number of methoxy groups -OCH3 is 2. The van der Waals surface area contributed by atoms with E-state index in [0.29, 0.717) is 22.6 Å². The number of hydrogen-bond donors (Lipinski definition) is 0. The third-order valence-corrected chi connectivity index (χ3v) is 3.07. The van der Waals surface area contributed by atoms with Gasteiger partial charge in [-0.05, 0) is 35.9 Å². The first-order chi connectivity index (χ1) is 10.7. The van der Waals surface area contributed by atoms with Crippen LogP contribution in [0, 0.1) is 0 Å². The molecule has 0 aliphatic heterocycles. The molecule has 5 nitrogen and oxygen atoms in total. The van der Waals surface area contributed by atoms with Gasteiger partial charge >= 0.3 is 5.97 Å². The molecule has 0 amide bonds. The van der Waals surface area contributed by atoms with Crippen LogP contribution in [0.1, 0.15) is 26.3 Å². The molecular formula is C17H16O5. The van der Waals surface area contributed by atoms with Crippen molar-refractivity contribution in [2.45, 2.75) is 6.61 Å². The Labute approximate surface area is 128 Å². The van der Waals surface area contributed by atoms with Gasteiger partial charge in [0.15, 0.2) is 11.5 Å². The highest BCUT2D eigenvalue weighted by molar-refractivity contribution is 5.89. The van der Waals surface area contributed by atoms with Gasteiger partial charge in [-0.1, -0.05) is 12.1 Å². The van der Waals surface area contributed by atoms with Crippen LogP contribution < -0.4 is 9.47 Å². The van der Waals surface area contributed by atoms with Gasteiger partial charge in [0.25, 0.3) is 0 Å². The summed E-state index contributed by atoms with van der Waals surface area (Å²) in [6.07, 6.45) is 0.742. The molecule has 0 spiro atoms. The van der Waals surface area contributed by atoms with Gasteiger partial charge in [-0.3, -0.25) is 4.79 Å². The minimum Gasteiger partial charge on any atom is -0.493 e. The highest BCUT2D eigenvalue weighted by Gasteiger charge is 2.08. The topological polar surface area (TPSA) is 61.8 Å². The lowest BCUT2D eigenvalue weighted by Crippen LogP contribution is -2.03. The largest absolute Gasteiger partial charge is 0.493 e. The van der Waals surface area contributed by atoms with Gasteiger partial charge in [-0.2, -0.15) is 0 Å². The average molecular weight is 300 g/mol. The third-order valence-electron chi connectivity index (χ3n) is 3.07. The van der Waals surface area contributed by atoms with Gasteiger partial charge in [0.05, 0.1) is 19.8 Å². The van der Waals surface area contributed by atoms with Crippen LogP contribution in [-0.2, 0) is 11.3 Å². The molecule has 0 radical (unpaired) electrons. The minimum absolute atomic E-state index is 0.266. The first kappa shape index (κ1) is 15.6. The SMILES string of the molecule is COC(=O)c1cccc(COc2ccc(C=O)cc2OC)c1. The van der Waals surface area contributed by atoms with Crippen molar-refractivity contribution in [3.63, 3.8) is 0 Å². The van der Waals surface area contributed by atoms with Gasteiger partial charge in [0.2, 0.25) is 0 Å². The highest BCUT2D eigenvalue weighted by Crippen LogP contribution is 2.28. The molecule has 0 aliphatic rings. The molecule has 0 atom stereocenters. The van der Waals surface area contributed by atoms with Crippen molar-refractivity contribution in [3.05, 3.63) is 59.2 Å². The van der Waals surface area contributed by atoms with E-state index in [2.05, 4.69) is 4.74 Å². The van der Waals surface area contributed by atoms with Crippen molar-refractivity contribution in [2.75, 3.05) is 14.2 Å². The lowest BCUT2D eigenvalue weighted by molar-refractivity contribution is 0.0600. The lowest BCUT2D eigenvalue weighted by Gasteiger charge is -2.11. The first-order valence-electron chi connectivity index (χ1n) is 6.61. The fraction of sp³-hybridized carbons (Fsp3) is 0.176. The van der Waals surface area contributed by atoms with E-state index in [1.807, 2.05) is 6.07 Å². The van der Waals surface area contributed by atoms with Gasteiger partial charge in [0.1, 0.15) is 12.9 Å². The van der Waals surface area contributed by atoms with Crippen molar-refractivity contribution in [2.24, 2.45) is 0 Å². The fourth-order valence-electron chi connectivity index (χ4n) is 1.94. The van der Waals surface area contributed by atoms with Crippen LogP contribution >= 0.6 is 0 Å². The number of rotatable bonds is 6. The van der Waals surface area contributed by atoms with Crippen molar-refractivity contribution < 1.29 is 23.8 Å². The third kappa shape index (κ3) is 3.63. The summed E-state index contributed by atoms with van der Waals surface area (Å²) in [5.74, 6) is 0.611. The second kappa shape index (κ2) is 7.26. The monoisotopic (exact) mass is 300 g/mol. The van der Waals surface area contributed by atoms with Crippen LogP contribution in [0.25, 0.3) is 0 Å². The zero-order valence-corrected chi connectivity index (χ0v) is 12.4. The second-order valence-corrected chi connectivity index (χ2v) is 4.51. The lowest BCUT2D eigenvalue weighted by atomic mass is 10.1. The van der Waals surface area contributed by atoms with Gasteiger partial charge in [-0.15, -0.1) is 0 Å². The summed E-state index contributed by atoms with van der Waals surface area (Å²) < 4.78 is 15.6. The van der Waals surface area contributed by atoms with Crippen LogP contribution in [0.2, 0.25) is 0 Å². The Morgan fingerprint density at radius 1 is 1.09 bits per heavy atom. The molecule has 0 saturated carbocycles. The molecule has 0 aromatic heterocycles. The Bertz CT molecular complexity index is 678. The second-order valence-electron chi connectivity index (χ2n) is 4.51. The Morgan fingerprint density at radius 3 is 2.59 bits per heavy atom. The first-order valence-corrected chi connectivity index (χ1v) is 6.61. The summed E-state index contributed by atoms with van der Waals surface area (Å²) in [6, 6.07) is 11.9. The molecule has 0 saturated heterocycles. The Balaban J connectivity index is 2.13. The zero-order valence-electron chi connectivity index (χ0n) is 12.4. The molecule has 0 bridgehead atoms. The summed E-state index contributed by atoms with van der Waals surface area (Å²) in [5.41, 5.74) is 1.80. The number of hydrogen-bond acceptors (Lipinski definition) is 5. The summed E-state index contributed by atoms with van der Waals surface area (Å²) in [6.45, 7) is 0.266. The number of carbonyl (C=O) groups excluding carboxylic acids is 2. The molecule has 0 aliphatic carbocycles. The summed E-state index contributed by atoms with van der Waals surface area (Å²) >= 11 is 0. The van der Waals surface area contributed by atoms with Gasteiger partial charge in [0, 0.05) is 5.56 Å². The highest BCUT2D eigenvalue weighted by atomic mass is 16.5. The summed E-state index contributed by atoms with van der Waals surface area (Å²) in [7, 11) is 2.85. The maximum atomic E-state index is 11.5. The van der Waals surface area contributed by atoms with E-state index in [0.717, 1.165) is 11.8 Å². The predicted octanol–water partition coefficient (Wildman–Crippen LogP) is 2.87. The molecule has 0 unspecified atom stereocenters. The van der Waals surface area contributed by atoms with Crippen LogP contribution in [0.3, 0.4) is 0 Å². The molecule has 2 aromatic carbocycles. The molecule has 0 fully saturated rings. The van der Waals surface area contributed by atoms with E-state index >= 15 is 0 Å². The molecule has 2 aromatic rings. The van der Waals surface area contributed by atoms with E-state index in [4.69, 9.17) is 9.47 Å². The smallest absolute Gasteiger partial charge is 0.337 e. The van der Waals surface area contributed by atoms with E-state index in [-0.39, 0.29) is 6.61 Å². The van der Waals surface area contributed by atoms with Gasteiger partial charge in [-0.25, -0.2) is 4.79 Å². The maximum Gasteiger partial charge on any atom is 0.337 e. The molecule has 0 N–H and O–H groups in total. The van der Waals surface area contributed by atoms with Crippen molar-refractivity contribution in [1.29, 1.82) is 0 Å². The molecule has 0 heterocycles. The van der Waals surface area contributed by atoms with Crippen LogP contribution in [0.15, 0.2) is 42.5 Å². The van der Waals surface area contributed by atoms with E-state index in [1.165, 1.54) is 14.2 Å². The summed E-state index contributed by atoms with van der Waals surface area (Å²) in [4.78, 5) is 22.2. The van der Waals surface area contributed by atoms with E-state index < -0.39 is 5.97 Å². The molecular weight excluding hydrogens is 284 g/mol. The fourth-order valence-corrected chi connectivity index (χ4v) is 1.94. The Morgan fingerprint density at radius 2 is 1.91 bits per heavy atom.